The minimum Gasteiger partial charge on any atom is -0.497 e. The van der Waals surface area contributed by atoms with E-state index in [2.05, 4.69) is 15.5 Å². The summed E-state index contributed by atoms with van der Waals surface area (Å²) >= 11 is 0. The predicted octanol–water partition coefficient (Wildman–Crippen LogP) is 4.61. The normalized spacial score (nSPS) is 11.7. The predicted molar refractivity (Wildman–Crippen MR) is 127 cm³/mol. The van der Waals surface area contributed by atoms with Crippen molar-refractivity contribution in [1.29, 1.82) is 0 Å². The standard InChI is InChI=1S/C24H24N4O3S/c1-16-9-10-17(15-22(16)32(29,30)28(2)3)23-20-7-5-6-8-21(20)24(27-26-23)25-18-11-13-19(31-4)14-12-18/h5-15H,1-4H3,(H,25,27). The first-order valence-electron chi connectivity index (χ1n) is 10.0. The third-order valence-electron chi connectivity index (χ3n) is 5.26. The number of nitrogens with zero attached hydrogens (tertiary/aromatic N) is 3. The fourth-order valence-electron chi connectivity index (χ4n) is 3.44. The summed E-state index contributed by atoms with van der Waals surface area (Å²) in [7, 11) is 1.09. The Hall–Kier alpha value is -3.49. The van der Waals surface area contributed by atoms with E-state index in [0.29, 0.717) is 22.6 Å². The molecule has 0 atom stereocenters. The summed E-state index contributed by atoms with van der Waals surface area (Å²) in [6, 6.07) is 20.7. The summed E-state index contributed by atoms with van der Waals surface area (Å²) < 4.78 is 32.0. The third kappa shape index (κ3) is 4.02. The van der Waals surface area contributed by atoms with Crippen molar-refractivity contribution < 1.29 is 13.2 Å². The molecule has 1 N–H and O–H groups in total. The topological polar surface area (TPSA) is 84.4 Å². The molecule has 7 nitrogen and oxygen atoms in total. The largest absolute Gasteiger partial charge is 0.497 e. The number of rotatable bonds is 6. The van der Waals surface area contributed by atoms with Crippen LogP contribution in [0.2, 0.25) is 0 Å². The van der Waals surface area contributed by atoms with Crippen LogP contribution < -0.4 is 10.1 Å². The van der Waals surface area contributed by atoms with Crippen LogP contribution in [0.5, 0.6) is 5.75 Å². The van der Waals surface area contributed by atoms with Crippen molar-refractivity contribution in [3.8, 4) is 17.0 Å². The second-order valence-electron chi connectivity index (χ2n) is 7.56. The van der Waals surface area contributed by atoms with Crippen LogP contribution in [0, 0.1) is 6.92 Å². The van der Waals surface area contributed by atoms with Gasteiger partial charge in [-0.3, -0.25) is 0 Å². The van der Waals surface area contributed by atoms with Crippen LogP contribution in [-0.4, -0.2) is 44.1 Å². The van der Waals surface area contributed by atoms with Gasteiger partial charge in [-0.1, -0.05) is 36.4 Å². The molecule has 0 saturated heterocycles. The maximum Gasteiger partial charge on any atom is 0.242 e. The Labute approximate surface area is 187 Å². The van der Waals surface area contributed by atoms with E-state index in [0.717, 1.165) is 22.2 Å². The quantitative estimate of drug-likeness (QED) is 0.464. The Morgan fingerprint density at radius 1 is 0.906 bits per heavy atom. The molecule has 0 amide bonds. The number of methoxy groups -OCH3 is 1. The average molecular weight is 449 g/mol. The van der Waals surface area contributed by atoms with E-state index in [4.69, 9.17) is 4.74 Å². The molecule has 8 heteroatoms. The fourth-order valence-corrected chi connectivity index (χ4v) is 4.59. The van der Waals surface area contributed by atoms with Gasteiger partial charge in [0.05, 0.1) is 12.0 Å². The average Bonchev–Trinajstić information content (AvgIpc) is 2.80. The minimum absolute atomic E-state index is 0.256. The van der Waals surface area contributed by atoms with Crippen LogP contribution >= 0.6 is 0 Å². The van der Waals surface area contributed by atoms with Gasteiger partial charge >= 0.3 is 0 Å². The summed E-state index contributed by atoms with van der Waals surface area (Å²) in [5.74, 6) is 1.38. The number of aromatic nitrogens is 2. The molecule has 3 aromatic carbocycles. The van der Waals surface area contributed by atoms with Crippen molar-refractivity contribution in [3.63, 3.8) is 0 Å². The summed E-state index contributed by atoms with van der Waals surface area (Å²) in [5.41, 5.74) is 2.84. The summed E-state index contributed by atoms with van der Waals surface area (Å²) in [5, 5.41) is 13.9. The van der Waals surface area contributed by atoms with Gasteiger partial charge in [-0.05, 0) is 42.8 Å². The molecule has 0 unspecified atom stereocenters. The highest BCUT2D eigenvalue weighted by molar-refractivity contribution is 7.89. The van der Waals surface area contributed by atoms with Gasteiger partial charge in [0.2, 0.25) is 10.0 Å². The van der Waals surface area contributed by atoms with E-state index < -0.39 is 10.0 Å². The number of aryl methyl sites for hydroxylation is 1. The van der Waals surface area contributed by atoms with E-state index in [-0.39, 0.29) is 4.90 Å². The molecule has 164 valence electrons. The Bertz CT molecular complexity index is 1380. The monoisotopic (exact) mass is 448 g/mol. The number of ether oxygens (including phenoxy) is 1. The fraction of sp³-hybridized carbons (Fsp3) is 0.167. The van der Waals surface area contributed by atoms with Gasteiger partial charge < -0.3 is 10.1 Å². The van der Waals surface area contributed by atoms with Gasteiger partial charge in [-0.25, -0.2) is 12.7 Å². The second kappa shape index (κ2) is 8.57. The zero-order chi connectivity index (χ0) is 22.9. The van der Waals surface area contributed by atoms with Crippen LogP contribution in [0.1, 0.15) is 5.56 Å². The molecular formula is C24H24N4O3S. The highest BCUT2D eigenvalue weighted by Crippen LogP contribution is 2.33. The first kappa shape index (κ1) is 21.7. The molecular weight excluding hydrogens is 424 g/mol. The van der Waals surface area contributed by atoms with Crippen LogP contribution in [0.4, 0.5) is 11.5 Å². The van der Waals surface area contributed by atoms with Gasteiger partial charge in [-0.2, -0.15) is 0 Å². The number of hydrogen-bond donors (Lipinski definition) is 1. The zero-order valence-electron chi connectivity index (χ0n) is 18.3. The Morgan fingerprint density at radius 2 is 1.59 bits per heavy atom. The van der Waals surface area contributed by atoms with Crippen molar-refractivity contribution in [3.05, 3.63) is 72.3 Å². The minimum atomic E-state index is -3.58. The summed E-state index contributed by atoms with van der Waals surface area (Å²) in [6.45, 7) is 1.78. The Kier molecular flexibility index (Phi) is 5.82. The van der Waals surface area contributed by atoms with Gasteiger partial charge in [0.1, 0.15) is 11.4 Å². The highest BCUT2D eigenvalue weighted by atomic mass is 32.2. The lowest BCUT2D eigenvalue weighted by molar-refractivity contribution is 0.415. The van der Waals surface area contributed by atoms with Crippen LogP contribution in [0.3, 0.4) is 0 Å². The first-order chi connectivity index (χ1) is 15.3. The maximum atomic E-state index is 12.8. The molecule has 0 saturated carbocycles. The SMILES string of the molecule is COc1ccc(Nc2nnc(-c3ccc(C)c(S(=O)(=O)N(C)C)c3)c3ccccc23)cc1. The van der Waals surface area contributed by atoms with Crippen molar-refractivity contribution >= 4 is 32.3 Å². The molecule has 1 aromatic heterocycles. The van der Waals surface area contributed by atoms with Gasteiger partial charge in [-0.15, -0.1) is 10.2 Å². The molecule has 4 rings (SSSR count). The molecule has 4 aromatic rings. The number of anilines is 2. The number of nitrogens with one attached hydrogen (secondary N) is 1. The lowest BCUT2D eigenvalue weighted by Gasteiger charge is -2.15. The van der Waals surface area contributed by atoms with Gasteiger partial charge in [0.25, 0.3) is 0 Å². The summed E-state index contributed by atoms with van der Waals surface area (Å²) in [6.07, 6.45) is 0. The van der Waals surface area contributed by atoms with Gasteiger partial charge in [0, 0.05) is 36.1 Å². The lowest BCUT2D eigenvalue weighted by atomic mass is 10.0. The molecule has 0 aliphatic carbocycles. The van der Waals surface area contributed by atoms with E-state index in [9.17, 15) is 8.42 Å². The maximum absolute atomic E-state index is 12.8. The second-order valence-corrected chi connectivity index (χ2v) is 9.68. The Balaban J connectivity index is 1.81. The lowest BCUT2D eigenvalue weighted by Crippen LogP contribution is -2.23. The molecule has 0 aliphatic heterocycles. The molecule has 1 heterocycles. The zero-order valence-corrected chi connectivity index (χ0v) is 19.1. The highest BCUT2D eigenvalue weighted by Gasteiger charge is 2.21. The van der Waals surface area contributed by atoms with Crippen molar-refractivity contribution in [1.82, 2.24) is 14.5 Å². The third-order valence-corrected chi connectivity index (χ3v) is 7.22. The van der Waals surface area contributed by atoms with E-state index in [1.807, 2.05) is 54.6 Å². The first-order valence-corrected chi connectivity index (χ1v) is 11.5. The van der Waals surface area contributed by atoms with E-state index in [1.54, 1.807) is 26.2 Å². The smallest absolute Gasteiger partial charge is 0.242 e. The number of sulfonamides is 1. The van der Waals surface area contributed by atoms with E-state index in [1.165, 1.54) is 18.4 Å². The van der Waals surface area contributed by atoms with Crippen molar-refractivity contribution in [2.45, 2.75) is 11.8 Å². The molecule has 0 radical (unpaired) electrons. The molecule has 0 fully saturated rings. The van der Waals surface area contributed by atoms with Crippen molar-refractivity contribution in [2.24, 2.45) is 0 Å². The van der Waals surface area contributed by atoms with Crippen LogP contribution in [-0.2, 0) is 10.0 Å². The number of fused-ring (bicyclic) bond motifs is 1. The molecule has 32 heavy (non-hydrogen) atoms. The van der Waals surface area contributed by atoms with Crippen molar-refractivity contribution in [2.75, 3.05) is 26.5 Å². The Morgan fingerprint density at radius 3 is 2.25 bits per heavy atom. The molecule has 0 bridgehead atoms. The van der Waals surface area contributed by atoms with Crippen LogP contribution in [0.25, 0.3) is 22.0 Å². The van der Waals surface area contributed by atoms with Gasteiger partial charge in [0.15, 0.2) is 5.82 Å². The number of benzene rings is 3. The summed E-state index contributed by atoms with van der Waals surface area (Å²) in [4.78, 5) is 0.256. The van der Waals surface area contributed by atoms with Crippen LogP contribution in [0.15, 0.2) is 71.6 Å². The van der Waals surface area contributed by atoms with E-state index >= 15 is 0 Å². The molecule has 0 spiro atoms. The number of hydrogen-bond acceptors (Lipinski definition) is 6. The molecule has 0 aliphatic rings.